The second-order valence-corrected chi connectivity index (χ2v) is 3.42. The zero-order chi connectivity index (χ0) is 12.0. The van der Waals surface area contributed by atoms with Crippen molar-refractivity contribution in [3.63, 3.8) is 0 Å². The van der Waals surface area contributed by atoms with Crippen molar-refractivity contribution in [3.05, 3.63) is 36.1 Å². The van der Waals surface area contributed by atoms with E-state index in [1.165, 1.54) is 6.92 Å². The average Bonchev–Trinajstić information content (AvgIpc) is 2.25. The van der Waals surface area contributed by atoms with E-state index in [1.807, 2.05) is 38.1 Å². The molecule has 1 rings (SSSR count). The molecule has 0 fully saturated rings. The molecule has 0 heterocycles. The molecule has 0 aromatic heterocycles. The summed E-state index contributed by atoms with van der Waals surface area (Å²) < 4.78 is 5.64. The van der Waals surface area contributed by atoms with Gasteiger partial charge in [-0.2, -0.15) is 0 Å². The van der Waals surface area contributed by atoms with Crippen LogP contribution in [-0.4, -0.2) is 5.91 Å². The number of allylic oxidation sites excluding steroid dienone is 2. The van der Waals surface area contributed by atoms with Crippen LogP contribution in [0.2, 0.25) is 0 Å². The second-order valence-electron chi connectivity index (χ2n) is 3.42. The van der Waals surface area contributed by atoms with E-state index in [0.29, 0.717) is 0 Å². The van der Waals surface area contributed by atoms with Crippen LogP contribution >= 0.6 is 0 Å². The molecule has 86 valence electrons. The predicted molar refractivity (Wildman–Crippen MR) is 65.4 cm³/mol. The van der Waals surface area contributed by atoms with E-state index < -0.39 is 0 Å². The first-order valence-corrected chi connectivity index (χ1v) is 5.36. The maximum absolute atomic E-state index is 10.9. The minimum Gasteiger partial charge on any atom is -0.462 e. The highest BCUT2D eigenvalue weighted by atomic mass is 16.5. The van der Waals surface area contributed by atoms with Crippen molar-refractivity contribution in [1.82, 2.24) is 0 Å². The Morgan fingerprint density at radius 1 is 1.50 bits per heavy atom. The highest BCUT2D eigenvalue weighted by molar-refractivity contribution is 5.88. The van der Waals surface area contributed by atoms with Gasteiger partial charge >= 0.3 is 0 Å². The van der Waals surface area contributed by atoms with Crippen LogP contribution in [0.5, 0.6) is 5.75 Å². The molecule has 0 aliphatic heterocycles. The van der Waals surface area contributed by atoms with Gasteiger partial charge < -0.3 is 10.1 Å². The Morgan fingerprint density at radius 3 is 2.81 bits per heavy atom. The lowest BCUT2D eigenvalue weighted by atomic mass is 10.3. The van der Waals surface area contributed by atoms with Gasteiger partial charge in [-0.15, -0.1) is 0 Å². The van der Waals surface area contributed by atoms with Gasteiger partial charge in [0.15, 0.2) is 0 Å². The van der Waals surface area contributed by atoms with E-state index in [9.17, 15) is 4.79 Å². The van der Waals surface area contributed by atoms with Crippen molar-refractivity contribution >= 4 is 11.6 Å². The predicted octanol–water partition coefficient (Wildman–Crippen LogP) is 3.34. The van der Waals surface area contributed by atoms with Crippen molar-refractivity contribution in [2.24, 2.45) is 0 Å². The number of anilines is 1. The zero-order valence-electron chi connectivity index (χ0n) is 9.91. The summed E-state index contributed by atoms with van der Waals surface area (Å²) in [5.74, 6) is 1.57. The summed E-state index contributed by atoms with van der Waals surface area (Å²) in [7, 11) is 0. The fourth-order valence-electron chi connectivity index (χ4n) is 1.33. The molecule has 1 aromatic carbocycles. The van der Waals surface area contributed by atoms with Crippen LogP contribution in [-0.2, 0) is 4.79 Å². The third-order valence-electron chi connectivity index (χ3n) is 2.07. The smallest absolute Gasteiger partial charge is 0.221 e. The summed E-state index contributed by atoms with van der Waals surface area (Å²) in [5, 5.41) is 2.72. The van der Waals surface area contributed by atoms with Crippen LogP contribution in [0.1, 0.15) is 27.2 Å². The number of rotatable bonds is 4. The number of hydrogen-bond acceptors (Lipinski definition) is 2. The minimum absolute atomic E-state index is 0.0844. The summed E-state index contributed by atoms with van der Waals surface area (Å²) in [6.07, 6.45) is 2.78. The molecule has 0 aliphatic carbocycles. The molecular formula is C13H17NO2. The van der Waals surface area contributed by atoms with Gasteiger partial charge in [-0.05, 0) is 25.1 Å². The first-order valence-electron chi connectivity index (χ1n) is 5.36. The fraction of sp³-hybridized carbons (Fsp3) is 0.308. The lowest BCUT2D eigenvalue weighted by Gasteiger charge is -2.09. The molecule has 1 aromatic rings. The van der Waals surface area contributed by atoms with Crippen molar-refractivity contribution in [1.29, 1.82) is 0 Å². The molecule has 0 saturated heterocycles. The van der Waals surface area contributed by atoms with Crippen LogP contribution < -0.4 is 10.1 Å². The Hall–Kier alpha value is -1.77. The topological polar surface area (TPSA) is 38.3 Å². The van der Waals surface area contributed by atoms with Gasteiger partial charge in [-0.3, -0.25) is 4.79 Å². The van der Waals surface area contributed by atoms with E-state index in [1.54, 1.807) is 6.07 Å². The summed E-state index contributed by atoms with van der Waals surface area (Å²) in [4.78, 5) is 10.9. The average molecular weight is 219 g/mol. The molecule has 0 spiro atoms. The molecule has 0 radical (unpaired) electrons. The summed E-state index contributed by atoms with van der Waals surface area (Å²) in [6.45, 7) is 5.46. The number of amides is 1. The van der Waals surface area contributed by atoms with E-state index in [0.717, 1.165) is 23.6 Å². The molecular weight excluding hydrogens is 202 g/mol. The number of ether oxygens (including phenoxy) is 1. The quantitative estimate of drug-likeness (QED) is 0.789. The first-order chi connectivity index (χ1) is 7.65. The molecule has 3 nitrogen and oxygen atoms in total. The highest BCUT2D eigenvalue weighted by Gasteiger charge is 2.00. The second kappa shape index (κ2) is 5.95. The summed E-state index contributed by atoms with van der Waals surface area (Å²) >= 11 is 0. The van der Waals surface area contributed by atoms with Gasteiger partial charge in [0.2, 0.25) is 5.91 Å². The molecule has 0 aliphatic rings. The summed E-state index contributed by atoms with van der Waals surface area (Å²) in [6, 6.07) is 7.35. The van der Waals surface area contributed by atoms with Crippen molar-refractivity contribution in [3.8, 4) is 5.75 Å². The Balaban J connectivity index is 2.78. The first kappa shape index (κ1) is 12.3. The molecule has 1 N–H and O–H groups in total. The van der Waals surface area contributed by atoms with Crippen molar-refractivity contribution < 1.29 is 9.53 Å². The van der Waals surface area contributed by atoms with Crippen LogP contribution in [0.15, 0.2) is 36.1 Å². The van der Waals surface area contributed by atoms with Gasteiger partial charge in [0.1, 0.15) is 5.75 Å². The number of carbonyl (C=O) groups excluding carboxylic acids is 1. The molecule has 1 amide bonds. The van der Waals surface area contributed by atoms with Gasteiger partial charge in [-0.1, -0.05) is 13.0 Å². The van der Waals surface area contributed by atoms with E-state index >= 15 is 0 Å². The maximum Gasteiger partial charge on any atom is 0.221 e. The normalized spacial score (nSPS) is 11.1. The lowest BCUT2D eigenvalue weighted by Crippen LogP contribution is -2.05. The Morgan fingerprint density at radius 2 is 2.25 bits per heavy atom. The van der Waals surface area contributed by atoms with Gasteiger partial charge in [0.05, 0.1) is 5.76 Å². The van der Waals surface area contributed by atoms with E-state index in [2.05, 4.69) is 5.32 Å². The highest BCUT2D eigenvalue weighted by Crippen LogP contribution is 2.20. The van der Waals surface area contributed by atoms with Gasteiger partial charge in [0.25, 0.3) is 0 Å². The van der Waals surface area contributed by atoms with Crippen LogP contribution in [0.25, 0.3) is 0 Å². The number of nitrogens with one attached hydrogen (secondary N) is 1. The van der Waals surface area contributed by atoms with Gasteiger partial charge in [-0.25, -0.2) is 0 Å². The maximum atomic E-state index is 10.9. The zero-order valence-corrected chi connectivity index (χ0v) is 9.91. The van der Waals surface area contributed by atoms with Crippen molar-refractivity contribution in [2.45, 2.75) is 27.2 Å². The molecule has 0 saturated carbocycles. The van der Waals surface area contributed by atoms with Crippen LogP contribution in [0, 0.1) is 0 Å². The van der Waals surface area contributed by atoms with E-state index in [4.69, 9.17) is 4.74 Å². The van der Waals surface area contributed by atoms with Crippen LogP contribution in [0.4, 0.5) is 5.69 Å². The molecule has 0 atom stereocenters. The largest absolute Gasteiger partial charge is 0.462 e. The Kier molecular flexibility index (Phi) is 4.58. The third kappa shape index (κ3) is 3.77. The lowest BCUT2D eigenvalue weighted by molar-refractivity contribution is -0.114. The van der Waals surface area contributed by atoms with Gasteiger partial charge in [0, 0.05) is 25.1 Å². The SMILES string of the molecule is CC=C(CC)Oc1cccc(NC(C)=O)c1. The number of benzene rings is 1. The molecule has 0 unspecified atom stereocenters. The molecule has 0 bridgehead atoms. The minimum atomic E-state index is -0.0844. The van der Waals surface area contributed by atoms with Crippen molar-refractivity contribution in [2.75, 3.05) is 5.32 Å². The summed E-state index contributed by atoms with van der Waals surface area (Å²) in [5.41, 5.74) is 0.747. The Bertz CT molecular complexity index is 397. The fourth-order valence-corrected chi connectivity index (χ4v) is 1.33. The number of hydrogen-bond donors (Lipinski definition) is 1. The molecule has 16 heavy (non-hydrogen) atoms. The standard InChI is InChI=1S/C13H17NO2/c1-4-12(5-2)16-13-8-6-7-11(9-13)14-10(3)15/h4,6-9H,5H2,1-3H3,(H,14,15). The number of carbonyl (C=O) groups is 1. The van der Waals surface area contributed by atoms with Crippen LogP contribution in [0.3, 0.4) is 0 Å². The monoisotopic (exact) mass is 219 g/mol. The van der Waals surface area contributed by atoms with E-state index in [-0.39, 0.29) is 5.91 Å². The third-order valence-corrected chi connectivity index (χ3v) is 2.07. The molecule has 3 heteroatoms. The Labute approximate surface area is 96.1 Å².